The van der Waals surface area contributed by atoms with Crippen molar-refractivity contribution in [3.63, 3.8) is 0 Å². The highest BCUT2D eigenvalue weighted by Crippen LogP contribution is 2.17. The predicted molar refractivity (Wildman–Crippen MR) is 73.2 cm³/mol. The molecule has 96 valence electrons. The Morgan fingerprint density at radius 3 is 2.78 bits per heavy atom. The van der Waals surface area contributed by atoms with Gasteiger partial charge < -0.3 is 10.4 Å². The van der Waals surface area contributed by atoms with E-state index in [1.807, 2.05) is 39.0 Å². The van der Waals surface area contributed by atoms with E-state index in [9.17, 15) is 4.79 Å². The van der Waals surface area contributed by atoms with Crippen molar-refractivity contribution in [2.45, 2.75) is 27.2 Å². The predicted octanol–water partition coefficient (Wildman–Crippen LogP) is 2.32. The number of carbonyl (C=O) groups excluding carboxylic acids is 1. The Balaban J connectivity index is 2.92. The average molecular weight is 245 g/mol. The van der Waals surface area contributed by atoms with Gasteiger partial charge in [0, 0.05) is 12.0 Å². The summed E-state index contributed by atoms with van der Waals surface area (Å²) in [5.41, 5.74) is 2.50. The topological polar surface area (TPSA) is 49.3 Å². The van der Waals surface area contributed by atoms with E-state index in [-0.39, 0.29) is 12.5 Å². The molecular formula is C15H19NO2. The van der Waals surface area contributed by atoms with Gasteiger partial charge in [-0.25, -0.2) is 0 Å². The monoisotopic (exact) mass is 245 g/mol. The van der Waals surface area contributed by atoms with Crippen LogP contribution in [0.2, 0.25) is 0 Å². The van der Waals surface area contributed by atoms with Crippen LogP contribution in [0.5, 0.6) is 0 Å². The summed E-state index contributed by atoms with van der Waals surface area (Å²) in [6.07, 6.45) is 0.487. The zero-order valence-corrected chi connectivity index (χ0v) is 11.1. The van der Waals surface area contributed by atoms with Gasteiger partial charge in [0.25, 0.3) is 0 Å². The van der Waals surface area contributed by atoms with Gasteiger partial charge in [-0.3, -0.25) is 4.79 Å². The highest BCUT2D eigenvalue weighted by atomic mass is 16.2. The van der Waals surface area contributed by atoms with Crippen molar-refractivity contribution >= 4 is 11.6 Å². The van der Waals surface area contributed by atoms with E-state index in [2.05, 4.69) is 17.2 Å². The lowest BCUT2D eigenvalue weighted by molar-refractivity contribution is -0.116. The van der Waals surface area contributed by atoms with Gasteiger partial charge in [0.2, 0.25) is 5.91 Å². The van der Waals surface area contributed by atoms with Gasteiger partial charge in [-0.2, -0.15) is 0 Å². The molecule has 1 amide bonds. The van der Waals surface area contributed by atoms with E-state index in [1.165, 1.54) is 0 Å². The maximum atomic E-state index is 11.8. The summed E-state index contributed by atoms with van der Waals surface area (Å²) >= 11 is 0. The molecule has 1 aromatic rings. The van der Waals surface area contributed by atoms with E-state index in [4.69, 9.17) is 5.11 Å². The van der Waals surface area contributed by atoms with Crippen LogP contribution in [0, 0.1) is 24.7 Å². The number of benzene rings is 1. The second-order valence-electron chi connectivity index (χ2n) is 4.66. The molecule has 0 aliphatic carbocycles. The van der Waals surface area contributed by atoms with Crippen LogP contribution < -0.4 is 5.32 Å². The van der Waals surface area contributed by atoms with Crippen LogP contribution >= 0.6 is 0 Å². The maximum Gasteiger partial charge on any atom is 0.224 e. The lowest BCUT2D eigenvalue weighted by atomic mass is 10.1. The van der Waals surface area contributed by atoms with Gasteiger partial charge in [0.15, 0.2) is 0 Å². The van der Waals surface area contributed by atoms with Crippen molar-refractivity contribution in [2.24, 2.45) is 5.92 Å². The second-order valence-corrected chi connectivity index (χ2v) is 4.66. The van der Waals surface area contributed by atoms with E-state index < -0.39 is 0 Å². The molecule has 0 aromatic heterocycles. The molecule has 2 N–H and O–H groups in total. The Bertz CT molecular complexity index is 481. The molecule has 1 rings (SSSR count). The first-order valence-corrected chi connectivity index (χ1v) is 6.03. The van der Waals surface area contributed by atoms with Crippen molar-refractivity contribution in [1.82, 2.24) is 0 Å². The SMILES string of the molecule is Cc1ccc(C#CCO)c(NC(=O)CC(C)C)c1. The summed E-state index contributed by atoms with van der Waals surface area (Å²) in [5, 5.41) is 11.6. The number of rotatable bonds is 3. The number of aryl methyl sites for hydroxylation is 1. The fourth-order valence-electron chi connectivity index (χ4n) is 1.58. The minimum absolute atomic E-state index is 0.0114. The van der Waals surface area contributed by atoms with E-state index >= 15 is 0 Å². The molecule has 0 aliphatic rings. The third-order valence-corrected chi connectivity index (χ3v) is 2.34. The maximum absolute atomic E-state index is 11.8. The van der Waals surface area contributed by atoms with Crippen LogP contribution in [-0.4, -0.2) is 17.6 Å². The first-order chi connectivity index (χ1) is 8.52. The molecule has 0 saturated heterocycles. The quantitative estimate of drug-likeness (QED) is 0.803. The first-order valence-electron chi connectivity index (χ1n) is 6.03. The fraction of sp³-hybridized carbons (Fsp3) is 0.400. The lowest BCUT2D eigenvalue weighted by Gasteiger charge is -2.10. The molecule has 0 spiro atoms. The van der Waals surface area contributed by atoms with Gasteiger partial charge in [0.1, 0.15) is 6.61 Å². The summed E-state index contributed by atoms with van der Waals surface area (Å²) in [6, 6.07) is 5.67. The van der Waals surface area contributed by atoms with Gasteiger partial charge in [0.05, 0.1) is 5.69 Å². The fourth-order valence-corrected chi connectivity index (χ4v) is 1.58. The third-order valence-electron chi connectivity index (χ3n) is 2.34. The number of amides is 1. The van der Waals surface area contributed by atoms with Crippen molar-refractivity contribution in [3.05, 3.63) is 29.3 Å². The van der Waals surface area contributed by atoms with E-state index in [0.717, 1.165) is 11.1 Å². The van der Waals surface area contributed by atoms with Crippen LogP contribution in [0.4, 0.5) is 5.69 Å². The molecule has 0 fully saturated rings. The molecule has 0 bridgehead atoms. The number of aliphatic hydroxyl groups excluding tert-OH is 1. The highest BCUT2D eigenvalue weighted by molar-refractivity contribution is 5.92. The molecule has 1 aromatic carbocycles. The standard InChI is InChI=1S/C15H19NO2/c1-11(2)9-15(18)16-14-10-12(3)6-7-13(14)5-4-8-17/h6-7,10-11,17H,8-9H2,1-3H3,(H,16,18). The minimum atomic E-state index is -0.187. The molecular weight excluding hydrogens is 226 g/mol. The third kappa shape index (κ3) is 4.60. The Kier molecular flexibility index (Phi) is 5.41. The first kappa shape index (κ1) is 14.3. The van der Waals surface area contributed by atoms with Crippen LogP contribution in [-0.2, 0) is 4.79 Å². The number of hydrogen-bond acceptors (Lipinski definition) is 2. The highest BCUT2D eigenvalue weighted by Gasteiger charge is 2.08. The minimum Gasteiger partial charge on any atom is -0.384 e. The zero-order chi connectivity index (χ0) is 13.5. The van der Waals surface area contributed by atoms with Gasteiger partial charge in [-0.05, 0) is 30.5 Å². The molecule has 0 unspecified atom stereocenters. The van der Waals surface area contributed by atoms with Gasteiger partial charge in [-0.1, -0.05) is 31.8 Å². The molecule has 18 heavy (non-hydrogen) atoms. The molecule has 0 saturated carbocycles. The summed E-state index contributed by atoms with van der Waals surface area (Å²) in [4.78, 5) is 11.8. The largest absolute Gasteiger partial charge is 0.384 e. The summed E-state index contributed by atoms with van der Waals surface area (Å²) in [7, 11) is 0. The van der Waals surface area contributed by atoms with Crippen LogP contribution in [0.1, 0.15) is 31.4 Å². The summed E-state index contributed by atoms with van der Waals surface area (Å²) in [6.45, 7) is 5.78. The van der Waals surface area contributed by atoms with Crippen LogP contribution in [0.3, 0.4) is 0 Å². The number of hydrogen-bond donors (Lipinski definition) is 2. The summed E-state index contributed by atoms with van der Waals surface area (Å²) < 4.78 is 0. The normalized spacial score (nSPS) is 9.83. The van der Waals surface area contributed by atoms with Crippen molar-refractivity contribution < 1.29 is 9.90 Å². The number of aliphatic hydroxyl groups is 1. The van der Waals surface area contributed by atoms with Crippen LogP contribution in [0.25, 0.3) is 0 Å². The second kappa shape index (κ2) is 6.83. The molecule has 0 heterocycles. The lowest BCUT2D eigenvalue weighted by Crippen LogP contribution is -2.14. The van der Waals surface area contributed by atoms with Crippen LogP contribution in [0.15, 0.2) is 18.2 Å². The van der Waals surface area contributed by atoms with Gasteiger partial charge in [-0.15, -0.1) is 0 Å². The number of anilines is 1. The average Bonchev–Trinajstić information content (AvgIpc) is 2.26. The van der Waals surface area contributed by atoms with Crippen molar-refractivity contribution in [3.8, 4) is 11.8 Å². The molecule has 0 aliphatic heterocycles. The van der Waals surface area contributed by atoms with E-state index in [0.29, 0.717) is 18.0 Å². The van der Waals surface area contributed by atoms with E-state index in [1.54, 1.807) is 0 Å². The van der Waals surface area contributed by atoms with Crippen molar-refractivity contribution in [2.75, 3.05) is 11.9 Å². The number of carbonyl (C=O) groups is 1. The molecule has 0 radical (unpaired) electrons. The molecule has 0 atom stereocenters. The molecule has 3 nitrogen and oxygen atoms in total. The molecule has 3 heteroatoms. The van der Waals surface area contributed by atoms with Gasteiger partial charge >= 0.3 is 0 Å². The zero-order valence-electron chi connectivity index (χ0n) is 11.1. The number of nitrogens with one attached hydrogen (secondary N) is 1. The smallest absolute Gasteiger partial charge is 0.224 e. The summed E-state index contributed by atoms with van der Waals surface area (Å²) in [5.74, 6) is 5.74. The van der Waals surface area contributed by atoms with Crippen molar-refractivity contribution in [1.29, 1.82) is 0 Å². The Labute approximate surface area is 108 Å². The Hall–Kier alpha value is -1.79. The Morgan fingerprint density at radius 1 is 1.44 bits per heavy atom. The Morgan fingerprint density at radius 2 is 2.17 bits per heavy atom.